The average molecular weight is 2390 g/mol. The first-order valence-corrected chi connectivity index (χ1v) is 55.6. The molecule has 0 atom stereocenters. The number of pyridine rings is 4. The molecule has 10 aliphatic rings. The second-order valence-electron chi connectivity index (χ2n) is 38.8. The van der Waals surface area contributed by atoms with Gasteiger partial charge in [-0.25, -0.2) is 29.7 Å². The van der Waals surface area contributed by atoms with Gasteiger partial charge in [0.15, 0.2) is 25.0 Å². The van der Waals surface area contributed by atoms with Gasteiger partial charge in [0, 0.05) is 99.1 Å². The van der Waals surface area contributed by atoms with Crippen molar-refractivity contribution >= 4 is 216 Å². The van der Waals surface area contributed by atoms with E-state index >= 15 is 0 Å². The van der Waals surface area contributed by atoms with Gasteiger partial charge in [0.1, 0.15) is 23.9 Å². The lowest BCUT2D eigenvalue weighted by molar-refractivity contribution is 0.00578. The number of nitrogens with zero attached hydrogens (tertiary/aromatic N) is 9. The third-order valence-electron chi connectivity index (χ3n) is 25.7. The number of benzene rings is 5. The van der Waals surface area contributed by atoms with E-state index in [1.165, 1.54) is 59.9 Å². The van der Waals surface area contributed by atoms with Crippen LogP contribution in [0.25, 0.3) is 56.7 Å². The minimum absolute atomic E-state index is 0. The lowest BCUT2D eigenvalue weighted by Crippen LogP contribution is -2.48. The Kier molecular flexibility index (Phi) is 40.4. The maximum Gasteiger partial charge on any atom is 0.490 e. The summed E-state index contributed by atoms with van der Waals surface area (Å²) < 4.78 is 123. The lowest BCUT2D eigenvalue weighted by Gasteiger charge is -2.36. The van der Waals surface area contributed by atoms with Crippen LogP contribution in [0.4, 0.5) is 47.3 Å². The maximum absolute atomic E-state index is 13.7. The van der Waals surface area contributed by atoms with Gasteiger partial charge in [-0.2, -0.15) is 41.9 Å². The number of para-hydroxylation sites is 5. The number of carbonyl (C=O) groups excluding carboxylic acids is 1. The highest BCUT2D eigenvalue weighted by molar-refractivity contribution is 14.1. The Morgan fingerprint density at radius 2 is 0.824 bits per heavy atom. The number of alkyl carbamates (subject to hydrolysis) is 1. The number of hydrogen-bond acceptors (Lipinski definition) is 32. The predicted octanol–water partition coefficient (Wildman–Crippen LogP) is 23.9. The molecule has 2 saturated heterocycles. The Bertz CT molecular complexity index is 6600. The third kappa shape index (κ3) is 32.7. The number of fused-ring (bicyclic) bond motifs is 5. The number of hydrogen-bond donors (Lipinski definition) is 9. The lowest BCUT2D eigenvalue weighted by atomic mass is 9.75. The molecule has 148 heavy (non-hydrogen) atoms. The highest BCUT2D eigenvalue weighted by Crippen LogP contribution is 2.43. The van der Waals surface area contributed by atoms with Crippen LogP contribution in [0.3, 0.4) is 0 Å². The molecule has 8 fully saturated rings. The molecule has 0 spiro atoms. The van der Waals surface area contributed by atoms with E-state index in [2.05, 4.69) is 152 Å². The summed E-state index contributed by atoms with van der Waals surface area (Å²) in [5.74, 6) is -1.51. The van der Waals surface area contributed by atoms with Crippen LogP contribution in [-0.4, -0.2) is 203 Å². The summed E-state index contributed by atoms with van der Waals surface area (Å²) >= 11 is 17.7. The number of anilines is 4. The van der Waals surface area contributed by atoms with Gasteiger partial charge in [-0.1, -0.05) is 130 Å². The van der Waals surface area contributed by atoms with E-state index in [-0.39, 0.29) is 73.4 Å². The predicted molar refractivity (Wildman–Crippen MR) is 596 cm³/mol. The second-order valence-corrected chi connectivity index (χ2v) is 46.9. The van der Waals surface area contributed by atoms with Crippen LogP contribution in [-0.2, 0) is 28.3 Å². The summed E-state index contributed by atoms with van der Waals surface area (Å²) in [4.78, 5) is 48.3. The number of rotatable bonds is 18. The first-order valence-electron chi connectivity index (χ1n) is 49.0. The molecule has 9 aromatic heterocycles. The molecule has 0 bridgehead atoms. The van der Waals surface area contributed by atoms with Gasteiger partial charge in [0.25, 0.3) is 0 Å². The molecule has 24 rings (SSSR count). The molecule has 43 heteroatoms. The fraction of sp³-hybridized carbons (Fsp3) is 0.429. The van der Waals surface area contributed by atoms with E-state index in [1.807, 2.05) is 130 Å². The summed E-state index contributed by atoms with van der Waals surface area (Å²) in [6.07, 6.45) is 16.7. The molecule has 13 heterocycles. The molecule has 1 amide bonds. The number of carbonyl (C=O) groups is 1. The van der Waals surface area contributed by atoms with Crippen LogP contribution < -0.4 is 46.5 Å². The van der Waals surface area contributed by atoms with Crippen molar-refractivity contribution in [3.63, 3.8) is 0 Å². The van der Waals surface area contributed by atoms with E-state index in [1.54, 1.807) is 80.1 Å². The van der Waals surface area contributed by atoms with Crippen LogP contribution >= 0.6 is 126 Å². The molecule has 10 N–H and O–H groups in total. The normalized spacial score (nSPS) is 22.6. The highest BCUT2D eigenvalue weighted by Gasteiger charge is 2.52. The Morgan fingerprint density at radius 3 is 1.22 bits per heavy atom. The number of ether oxygens (including phenoxy) is 7. The largest absolute Gasteiger partial charge is 0.490 e. The summed E-state index contributed by atoms with van der Waals surface area (Å²) in [7, 11) is -0.182. The van der Waals surface area contributed by atoms with E-state index in [0.717, 1.165) is 189 Å². The van der Waals surface area contributed by atoms with Crippen LogP contribution in [0, 0.1) is 36.9 Å². The smallest absolute Gasteiger partial charge is 0.474 e. The van der Waals surface area contributed by atoms with Gasteiger partial charge in [-0.05, 0) is 284 Å². The molecule has 0 unspecified atom stereocenters. The van der Waals surface area contributed by atoms with E-state index < -0.39 is 41.4 Å². The van der Waals surface area contributed by atoms with Crippen LogP contribution in [0.1, 0.15) is 168 Å². The zero-order valence-corrected chi connectivity index (χ0v) is 92.4. The molecule has 4 aliphatic heterocycles. The van der Waals surface area contributed by atoms with Gasteiger partial charge >= 0.3 is 13.2 Å². The van der Waals surface area contributed by atoms with Crippen LogP contribution in [0.2, 0.25) is 4.47 Å². The quantitative estimate of drug-likeness (QED) is 0.0167. The summed E-state index contributed by atoms with van der Waals surface area (Å²) in [5, 5.41) is 46.9. The van der Waals surface area contributed by atoms with Crippen molar-refractivity contribution in [1.82, 2.24) is 50.2 Å². The Morgan fingerprint density at radius 1 is 0.446 bits per heavy atom. The first kappa shape index (κ1) is 113. The zero-order valence-electron chi connectivity index (χ0n) is 82.5. The van der Waals surface area contributed by atoms with Crippen molar-refractivity contribution in [1.29, 1.82) is 0 Å². The molecule has 0 radical (unpaired) electrons. The fourth-order valence-corrected chi connectivity index (χ4v) is 22.1. The number of nitrogens with one attached hydrogen (secondary N) is 5. The monoisotopic (exact) mass is 2390 g/mol. The molecule has 28 nitrogen and oxygen atoms in total. The Hall–Kier alpha value is -9.11. The molecule has 5 aromatic carbocycles. The van der Waals surface area contributed by atoms with Gasteiger partial charge in [-0.15, -0.1) is 23.7 Å². The Balaban J connectivity index is 0.000000129. The summed E-state index contributed by atoms with van der Waals surface area (Å²) in [6.45, 7) is 17.9. The van der Waals surface area contributed by atoms with Crippen molar-refractivity contribution in [2.24, 2.45) is 5.73 Å². The van der Waals surface area contributed by atoms with Crippen molar-refractivity contribution in [3.05, 3.63) is 240 Å². The van der Waals surface area contributed by atoms with E-state index in [0.29, 0.717) is 94.5 Å². The first-order chi connectivity index (χ1) is 70.6. The number of aliphatic hydroxyl groups is 3. The molecular formula is C105H119BCl2F5I2N15O13S5. The Labute approximate surface area is 914 Å². The molecule has 6 saturated carbocycles. The van der Waals surface area contributed by atoms with Gasteiger partial charge in [0.2, 0.25) is 47.4 Å². The standard InChI is InChI=1S/C21H22FN3O2S.C21H20FN3O2S.C16H13FIN3OS.C11H19BO3.C11H12N2OS.C9H17NO3.C7H4ClNS.C5H2F2IN.C4H9NO.ClH/c2*22-19-6-5-16(13-7-9-26-10-8-13)20(25-19)27-15-11-14(12-15)23-21-24-17-3-1-2-4-18(17)28-21;17-14-6-5-11(18)15(21-14)22-10-7-9(8-10)19-16-20-12-3-1-2-4-13(12)23-16;1-10(2)11(3,4)15-12(14-10)9-5-7-13-8-6-9;14-8-5-7(6-8)12-11-13-9-3-1-2-4-10(9)15-11;1-9(2,3)13-8(12)10-6-4-7(11)5-6;8-7-9-5-3-1-2-4-6(5)10-7;6-4-2-1-3(8)5(7)9-4;5-3-1-4(6)2-3;/h1-6,13-15H,7-12H2,(H,23,24);1-7,14-15H,8-12H2,(H,23,24);1-6,9-10H,7-8H2,(H,19,20);5H,6-8H2,1-4H3;1-4,7-8,14H,5-6H2,(H,12,13);6-7,11H,4-5H2,1-3H3,(H,10,12);1-4H;1-2H;3-4,6H,1-2,5H2;1H. The van der Waals surface area contributed by atoms with Gasteiger partial charge in [-0.3, -0.25) is 0 Å². The van der Waals surface area contributed by atoms with E-state index in [9.17, 15) is 31.9 Å². The summed E-state index contributed by atoms with van der Waals surface area (Å²) in [5.41, 5.74) is 13.7. The third-order valence-corrected chi connectivity index (χ3v) is 32.4. The number of aromatic nitrogens is 9. The molecule has 6 aliphatic carbocycles. The van der Waals surface area contributed by atoms with Crippen LogP contribution in [0.15, 0.2) is 187 Å². The topological polar surface area (TPSA) is 363 Å². The van der Waals surface area contributed by atoms with E-state index in [4.69, 9.17) is 70.0 Å². The maximum atomic E-state index is 13.7. The SMILES string of the molecule is CC(C)(C)OC(=O)NC1CC(O)C1.CC1(C)OB(C2=CCOCC2)OC1(C)C.Cl.Clc1nc2ccccc2s1.Fc1ccc(C2=CCOCC2)c(OC2CC(Nc3nc4ccccc4s3)C2)n1.Fc1ccc(C2CCOCC2)c(OC2CC(Nc3nc4ccccc4s3)C2)n1.Fc1ccc(I)c(F)n1.Fc1ccc(I)c(OC2CC(Nc3nc4ccccc4s3)C2)n1.NC1CC(O)C1.OC1CC(Nc2nc3ccccc3s2)C1. The zero-order chi connectivity index (χ0) is 103. The number of halogens is 9. The van der Waals surface area contributed by atoms with Crippen molar-refractivity contribution < 1.29 is 84.5 Å². The van der Waals surface area contributed by atoms with Crippen molar-refractivity contribution in [3.8, 4) is 17.6 Å². The molecule has 788 valence electrons. The number of nitrogens with two attached hydrogens (primary N) is 1. The van der Waals surface area contributed by atoms with Gasteiger partial charge < -0.3 is 90.1 Å². The van der Waals surface area contributed by atoms with Crippen molar-refractivity contribution in [2.45, 2.75) is 247 Å². The fourth-order valence-electron chi connectivity index (χ4n) is 16.6. The number of thiazole rings is 5. The molecule has 14 aromatic rings. The summed E-state index contributed by atoms with van der Waals surface area (Å²) in [6, 6.07) is 54.0. The minimum Gasteiger partial charge on any atom is -0.474 e. The minimum atomic E-state index is -0.784. The second kappa shape index (κ2) is 53.0. The average Bonchev–Trinajstić information content (AvgIpc) is 1.61. The number of aliphatic hydroxyl groups excluding tert-OH is 3. The van der Waals surface area contributed by atoms with Gasteiger partial charge in [0.05, 0.1) is 114 Å². The van der Waals surface area contributed by atoms with Crippen molar-refractivity contribution in [2.75, 3.05) is 60.9 Å². The van der Waals surface area contributed by atoms with Crippen LogP contribution in [0.5, 0.6) is 17.6 Å². The molecular weight excluding hydrogens is 2270 g/mol. The highest BCUT2D eigenvalue weighted by atomic mass is 127. The number of amides is 1.